The number of alkyl halides is 3. The highest BCUT2D eigenvalue weighted by Crippen LogP contribution is 2.36. The highest BCUT2D eigenvalue weighted by atomic mass is 19.4. The Morgan fingerprint density at radius 3 is 2.67 bits per heavy atom. The lowest BCUT2D eigenvalue weighted by Crippen LogP contribution is -2.39. The zero-order valence-corrected chi connectivity index (χ0v) is 12.7. The first-order valence-corrected chi connectivity index (χ1v) is 7.56. The van der Waals surface area contributed by atoms with Gasteiger partial charge >= 0.3 is 6.18 Å². The predicted octanol–water partition coefficient (Wildman–Crippen LogP) is 3.27. The molecular formula is C18H16F3NO2. The van der Waals surface area contributed by atoms with Gasteiger partial charge < -0.3 is 10.4 Å². The van der Waals surface area contributed by atoms with Crippen LogP contribution in [-0.2, 0) is 18.2 Å². The first-order valence-electron chi connectivity index (χ1n) is 7.56. The van der Waals surface area contributed by atoms with Gasteiger partial charge in [-0.15, -0.1) is 0 Å². The minimum atomic E-state index is -4.50. The predicted molar refractivity (Wildman–Crippen MR) is 82.4 cm³/mol. The van der Waals surface area contributed by atoms with E-state index in [4.69, 9.17) is 0 Å². The van der Waals surface area contributed by atoms with E-state index >= 15 is 0 Å². The van der Waals surface area contributed by atoms with Gasteiger partial charge in [-0.2, -0.15) is 13.2 Å². The molecule has 0 saturated carbocycles. The normalized spacial score (nSPS) is 19.8. The third kappa shape index (κ3) is 3.14. The molecule has 2 N–H and O–H groups in total. The molecule has 0 aromatic heterocycles. The van der Waals surface area contributed by atoms with E-state index in [-0.39, 0.29) is 12.1 Å². The van der Waals surface area contributed by atoms with Crippen molar-refractivity contribution in [2.75, 3.05) is 6.54 Å². The van der Waals surface area contributed by atoms with Crippen molar-refractivity contribution in [3.05, 3.63) is 70.8 Å². The molecule has 2 aromatic carbocycles. The van der Waals surface area contributed by atoms with Gasteiger partial charge in [-0.1, -0.05) is 30.3 Å². The lowest BCUT2D eigenvalue weighted by Gasteiger charge is -2.24. The lowest BCUT2D eigenvalue weighted by atomic mass is 9.96. The monoisotopic (exact) mass is 335 g/mol. The SMILES string of the molecule is O=C(NCC1(O)CCc2ccccc21)c1cccc(C(F)(F)F)c1. The molecule has 1 aliphatic rings. The quantitative estimate of drug-likeness (QED) is 0.904. The Kier molecular flexibility index (Phi) is 4.09. The summed E-state index contributed by atoms with van der Waals surface area (Å²) >= 11 is 0. The second kappa shape index (κ2) is 5.94. The molecule has 0 fully saturated rings. The second-order valence-corrected chi connectivity index (χ2v) is 5.95. The van der Waals surface area contributed by atoms with Crippen molar-refractivity contribution >= 4 is 5.91 Å². The molecule has 1 unspecified atom stereocenters. The van der Waals surface area contributed by atoms with Crippen LogP contribution in [-0.4, -0.2) is 17.6 Å². The average molecular weight is 335 g/mol. The summed E-state index contributed by atoms with van der Waals surface area (Å²) in [5, 5.41) is 13.3. The number of rotatable bonds is 3. The molecule has 3 rings (SSSR count). The van der Waals surface area contributed by atoms with Gasteiger partial charge in [-0.05, 0) is 42.2 Å². The highest BCUT2D eigenvalue weighted by molar-refractivity contribution is 5.94. The molecule has 6 heteroatoms. The van der Waals surface area contributed by atoms with Gasteiger partial charge in [0.15, 0.2) is 0 Å². The summed E-state index contributed by atoms with van der Waals surface area (Å²) in [7, 11) is 0. The number of carbonyl (C=O) groups excluding carboxylic acids is 1. The summed E-state index contributed by atoms with van der Waals surface area (Å²) in [5.74, 6) is -0.640. The molecule has 3 nitrogen and oxygen atoms in total. The van der Waals surface area contributed by atoms with Gasteiger partial charge in [0.1, 0.15) is 5.60 Å². The maximum atomic E-state index is 12.7. The fourth-order valence-electron chi connectivity index (χ4n) is 3.02. The molecule has 0 aliphatic heterocycles. The number of halogens is 3. The summed E-state index contributed by atoms with van der Waals surface area (Å²) in [6.07, 6.45) is -3.33. The molecule has 0 saturated heterocycles. The fraction of sp³-hybridized carbons (Fsp3) is 0.278. The van der Waals surface area contributed by atoms with Crippen molar-refractivity contribution in [3.63, 3.8) is 0 Å². The molecule has 1 amide bonds. The Labute approximate surface area is 137 Å². The Hall–Kier alpha value is -2.34. The summed E-state index contributed by atoms with van der Waals surface area (Å²) in [5.41, 5.74) is -0.365. The summed E-state index contributed by atoms with van der Waals surface area (Å²) < 4.78 is 38.2. The van der Waals surface area contributed by atoms with Crippen LogP contribution in [0.3, 0.4) is 0 Å². The van der Waals surface area contributed by atoms with E-state index in [1.54, 1.807) is 6.07 Å². The maximum Gasteiger partial charge on any atom is 0.416 e. The van der Waals surface area contributed by atoms with Gasteiger partial charge in [0, 0.05) is 5.56 Å². The van der Waals surface area contributed by atoms with E-state index in [0.29, 0.717) is 12.8 Å². The number of hydrogen-bond acceptors (Lipinski definition) is 2. The summed E-state index contributed by atoms with van der Waals surface area (Å²) in [6.45, 7) is -0.0426. The Morgan fingerprint density at radius 1 is 1.17 bits per heavy atom. The van der Waals surface area contributed by atoms with Crippen molar-refractivity contribution in [2.45, 2.75) is 24.6 Å². The van der Waals surface area contributed by atoms with E-state index in [1.165, 1.54) is 12.1 Å². The van der Waals surface area contributed by atoms with Crippen molar-refractivity contribution in [1.82, 2.24) is 5.32 Å². The van der Waals surface area contributed by atoms with Gasteiger partial charge in [-0.25, -0.2) is 0 Å². The van der Waals surface area contributed by atoms with E-state index in [2.05, 4.69) is 5.32 Å². The van der Waals surface area contributed by atoms with E-state index in [9.17, 15) is 23.1 Å². The molecule has 0 radical (unpaired) electrons. The Balaban J connectivity index is 1.73. The molecule has 126 valence electrons. The fourth-order valence-corrected chi connectivity index (χ4v) is 3.02. The van der Waals surface area contributed by atoms with Crippen LogP contribution in [0, 0.1) is 0 Å². The van der Waals surface area contributed by atoms with Gasteiger partial charge in [0.25, 0.3) is 5.91 Å². The average Bonchev–Trinajstić information content (AvgIpc) is 2.90. The molecule has 0 heterocycles. The molecule has 24 heavy (non-hydrogen) atoms. The van der Waals surface area contributed by atoms with Crippen LogP contribution in [0.1, 0.15) is 33.5 Å². The minimum Gasteiger partial charge on any atom is -0.383 e. The third-order valence-electron chi connectivity index (χ3n) is 4.32. The smallest absolute Gasteiger partial charge is 0.383 e. The number of fused-ring (bicyclic) bond motifs is 1. The first kappa shape index (κ1) is 16.5. The van der Waals surface area contributed by atoms with E-state index < -0.39 is 23.2 Å². The van der Waals surface area contributed by atoms with Crippen LogP contribution in [0.25, 0.3) is 0 Å². The number of aryl methyl sites for hydroxylation is 1. The maximum absolute atomic E-state index is 12.7. The largest absolute Gasteiger partial charge is 0.416 e. The molecule has 1 atom stereocenters. The number of hydrogen-bond donors (Lipinski definition) is 2. The van der Waals surface area contributed by atoms with Crippen molar-refractivity contribution in [3.8, 4) is 0 Å². The summed E-state index contributed by atoms with van der Waals surface area (Å²) in [6, 6.07) is 11.6. The van der Waals surface area contributed by atoms with Crippen LogP contribution in [0.5, 0.6) is 0 Å². The van der Waals surface area contributed by atoms with E-state index in [0.717, 1.165) is 23.3 Å². The second-order valence-electron chi connectivity index (χ2n) is 5.95. The molecule has 2 aromatic rings. The topological polar surface area (TPSA) is 49.3 Å². The number of benzene rings is 2. The van der Waals surface area contributed by atoms with Gasteiger partial charge in [0.2, 0.25) is 0 Å². The zero-order valence-electron chi connectivity index (χ0n) is 12.7. The van der Waals surface area contributed by atoms with Gasteiger partial charge in [-0.3, -0.25) is 4.79 Å². The van der Waals surface area contributed by atoms with Crippen molar-refractivity contribution in [1.29, 1.82) is 0 Å². The zero-order chi connectivity index (χ0) is 17.4. The number of carbonyl (C=O) groups is 1. The number of aliphatic hydroxyl groups is 1. The van der Waals surface area contributed by atoms with Crippen LogP contribution in [0.15, 0.2) is 48.5 Å². The first-order chi connectivity index (χ1) is 11.3. The van der Waals surface area contributed by atoms with Gasteiger partial charge in [0.05, 0.1) is 12.1 Å². The lowest BCUT2D eigenvalue weighted by molar-refractivity contribution is -0.137. The van der Waals surface area contributed by atoms with Crippen LogP contribution >= 0.6 is 0 Å². The molecule has 0 bridgehead atoms. The molecular weight excluding hydrogens is 319 g/mol. The minimum absolute atomic E-state index is 0.0426. The van der Waals surface area contributed by atoms with E-state index in [1.807, 2.05) is 18.2 Å². The van der Waals surface area contributed by atoms with Crippen molar-refractivity contribution < 1.29 is 23.1 Å². The standard InChI is InChI=1S/C18H16F3NO2/c19-18(20,21)14-6-3-5-13(10-14)16(23)22-11-17(24)9-8-12-4-1-2-7-15(12)17/h1-7,10,24H,8-9,11H2,(H,22,23). The molecule has 0 spiro atoms. The van der Waals surface area contributed by atoms with Crippen LogP contribution in [0.2, 0.25) is 0 Å². The number of nitrogens with one attached hydrogen (secondary N) is 1. The highest BCUT2D eigenvalue weighted by Gasteiger charge is 2.37. The van der Waals surface area contributed by atoms with Crippen LogP contribution < -0.4 is 5.32 Å². The summed E-state index contributed by atoms with van der Waals surface area (Å²) in [4.78, 5) is 12.1. The van der Waals surface area contributed by atoms with Crippen molar-refractivity contribution in [2.24, 2.45) is 0 Å². The Morgan fingerprint density at radius 2 is 1.92 bits per heavy atom. The van der Waals surface area contributed by atoms with Crippen LogP contribution in [0.4, 0.5) is 13.2 Å². The molecule has 1 aliphatic carbocycles. The third-order valence-corrected chi connectivity index (χ3v) is 4.32. The number of amides is 1. The Bertz CT molecular complexity index is 773.